The van der Waals surface area contributed by atoms with Gasteiger partial charge in [-0.1, -0.05) is 23.9 Å². The molecule has 0 spiro atoms. The molecule has 1 aliphatic heterocycles. The summed E-state index contributed by atoms with van der Waals surface area (Å²) in [6.07, 6.45) is 1.37. The van der Waals surface area contributed by atoms with Gasteiger partial charge in [0.2, 0.25) is 11.8 Å². The number of aryl methyl sites for hydroxylation is 1. The van der Waals surface area contributed by atoms with Crippen LogP contribution in [0.5, 0.6) is 5.75 Å². The molecule has 168 valence electrons. The molecule has 3 heterocycles. The minimum Gasteiger partial charge on any atom is -0.497 e. The van der Waals surface area contributed by atoms with Crippen LogP contribution in [-0.4, -0.2) is 45.8 Å². The number of amides is 2. The van der Waals surface area contributed by atoms with E-state index < -0.39 is 0 Å². The van der Waals surface area contributed by atoms with Gasteiger partial charge in [-0.05, 0) is 49.2 Å². The summed E-state index contributed by atoms with van der Waals surface area (Å²) in [6.45, 7) is 2.70. The molecule has 4 aromatic rings. The lowest BCUT2D eigenvalue weighted by molar-refractivity contribution is -0.117. The maximum absolute atomic E-state index is 12.8. The number of carbonyl (C=O) groups excluding carboxylic acids is 2. The number of carbonyl (C=O) groups is 2. The minimum absolute atomic E-state index is 0.0820. The number of hydrogen-bond donors (Lipinski definition) is 1. The molecule has 5 rings (SSSR count). The molecule has 33 heavy (non-hydrogen) atoms. The van der Waals surface area contributed by atoms with Gasteiger partial charge >= 0.3 is 0 Å². The Bertz CT molecular complexity index is 1380. The largest absolute Gasteiger partial charge is 0.497 e. The van der Waals surface area contributed by atoms with E-state index in [4.69, 9.17) is 4.74 Å². The van der Waals surface area contributed by atoms with Crippen LogP contribution in [0.1, 0.15) is 18.4 Å². The number of anilines is 2. The van der Waals surface area contributed by atoms with E-state index in [1.54, 1.807) is 12.0 Å². The van der Waals surface area contributed by atoms with Gasteiger partial charge in [-0.15, -0.1) is 10.2 Å². The third kappa shape index (κ3) is 4.00. The van der Waals surface area contributed by atoms with Gasteiger partial charge in [0.05, 0.1) is 29.8 Å². The molecule has 0 saturated carbocycles. The summed E-state index contributed by atoms with van der Waals surface area (Å²) in [6, 6.07) is 15.3. The number of para-hydroxylation sites is 2. The topological polar surface area (TPSA) is 88.8 Å². The first-order valence-electron chi connectivity index (χ1n) is 10.7. The highest BCUT2D eigenvalue weighted by Crippen LogP contribution is 2.31. The van der Waals surface area contributed by atoms with Crippen molar-refractivity contribution >= 4 is 51.5 Å². The molecule has 0 radical (unpaired) electrons. The summed E-state index contributed by atoms with van der Waals surface area (Å²) in [5.74, 6) is 0.802. The molecule has 9 heteroatoms. The van der Waals surface area contributed by atoms with Gasteiger partial charge in [-0.3, -0.25) is 14.0 Å². The first-order valence-corrected chi connectivity index (χ1v) is 11.7. The highest BCUT2D eigenvalue weighted by atomic mass is 32.2. The molecule has 8 nitrogen and oxygen atoms in total. The van der Waals surface area contributed by atoms with Gasteiger partial charge in [0.15, 0.2) is 10.8 Å². The fourth-order valence-corrected chi connectivity index (χ4v) is 4.91. The zero-order chi connectivity index (χ0) is 22.9. The number of benzene rings is 2. The Morgan fingerprint density at radius 1 is 1.18 bits per heavy atom. The van der Waals surface area contributed by atoms with Crippen molar-refractivity contribution in [1.82, 2.24) is 14.6 Å². The Kier molecular flexibility index (Phi) is 5.63. The average Bonchev–Trinajstić information content (AvgIpc) is 3.43. The lowest BCUT2D eigenvalue weighted by Crippen LogP contribution is -2.26. The molecule has 0 bridgehead atoms. The van der Waals surface area contributed by atoms with E-state index in [9.17, 15) is 9.59 Å². The van der Waals surface area contributed by atoms with Crippen LogP contribution in [0.15, 0.2) is 53.7 Å². The van der Waals surface area contributed by atoms with Crippen LogP contribution in [0.4, 0.5) is 11.4 Å². The summed E-state index contributed by atoms with van der Waals surface area (Å²) in [5.41, 5.74) is 4.11. The number of aromatic nitrogens is 3. The summed E-state index contributed by atoms with van der Waals surface area (Å²) < 4.78 is 7.34. The first-order chi connectivity index (χ1) is 16.0. The SMILES string of the molecule is COc1ccc2c(C)cc3nnc(SCC(=O)Nc4ccccc4N4CCCC4=O)n3c2c1. The molecule has 0 atom stereocenters. The molecule has 1 aliphatic rings. The van der Waals surface area contributed by atoms with E-state index in [0.29, 0.717) is 29.5 Å². The van der Waals surface area contributed by atoms with Gasteiger partial charge in [-0.2, -0.15) is 0 Å². The average molecular weight is 462 g/mol. The van der Waals surface area contributed by atoms with E-state index in [1.165, 1.54) is 11.8 Å². The van der Waals surface area contributed by atoms with Gasteiger partial charge < -0.3 is 15.0 Å². The summed E-state index contributed by atoms with van der Waals surface area (Å²) in [7, 11) is 1.63. The Morgan fingerprint density at radius 2 is 2.03 bits per heavy atom. The standard InChI is InChI=1S/C24H23N5O3S/c1-15-12-21-26-27-24(29(21)20-13-16(32-2)9-10-17(15)20)33-14-22(30)25-18-6-3-4-7-19(18)28-11-5-8-23(28)31/h3-4,6-7,9-10,12-13H,5,8,11,14H2,1-2H3,(H,25,30). The molecule has 2 amide bonds. The Balaban J connectivity index is 1.38. The molecule has 1 saturated heterocycles. The smallest absolute Gasteiger partial charge is 0.234 e. The number of fused-ring (bicyclic) bond motifs is 3. The zero-order valence-corrected chi connectivity index (χ0v) is 19.2. The van der Waals surface area contributed by atoms with Crippen LogP contribution in [0, 0.1) is 6.92 Å². The number of nitrogens with one attached hydrogen (secondary N) is 1. The molecule has 0 aliphatic carbocycles. The summed E-state index contributed by atoms with van der Waals surface area (Å²) >= 11 is 1.31. The molecular formula is C24H23N5O3S. The van der Waals surface area contributed by atoms with Crippen molar-refractivity contribution in [3.63, 3.8) is 0 Å². The second-order valence-corrected chi connectivity index (χ2v) is 8.83. The summed E-state index contributed by atoms with van der Waals surface area (Å²) in [5, 5.41) is 13.3. The molecule has 1 N–H and O–H groups in total. The van der Waals surface area contributed by atoms with E-state index in [0.717, 1.165) is 34.3 Å². The molecule has 1 fully saturated rings. The molecule has 0 unspecified atom stereocenters. The third-order valence-corrected chi connectivity index (χ3v) is 6.68. The van der Waals surface area contributed by atoms with Crippen molar-refractivity contribution in [3.05, 3.63) is 54.1 Å². The van der Waals surface area contributed by atoms with Gasteiger partial charge in [-0.25, -0.2) is 0 Å². The molecular weight excluding hydrogens is 438 g/mol. The Morgan fingerprint density at radius 3 is 2.82 bits per heavy atom. The van der Waals surface area contributed by atoms with E-state index in [1.807, 2.05) is 59.9 Å². The maximum atomic E-state index is 12.8. The van der Waals surface area contributed by atoms with Gasteiger partial charge in [0.1, 0.15) is 5.75 Å². The van der Waals surface area contributed by atoms with Crippen molar-refractivity contribution in [3.8, 4) is 5.75 Å². The number of thioether (sulfide) groups is 1. The lowest BCUT2D eigenvalue weighted by atomic mass is 10.1. The fraction of sp³-hybridized carbons (Fsp3) is 0.250. The fourth-order valence-electron chi connectivity index (χ4n) is 4.16. The Hall–Kier alpha value is -3.59. The van der Waals surface area contributed by atoms with E-state index in [2.05, 4.69) is 15.5 Å². The first kappa shape index (κ1) is 21.3. The number of methoxy groups -OCH3 is 1. The van der Waals surface area contributed by atoms with Crippen LogP contribution in [0.3, 0.4) is 0 Å². The van der Waals surface area contributed by atoms with Gasteiger partial charge in [0, 0.05) is 24.4 Å². The number of pyridine rings is 1. The van der Waals surface area contributed by atoms with Crippen LogP contribution in [0.2, 0.25) is 0 Å². The predicted molar refractivity (Wildman–Crippen MR) is 129 cm³/mol. The second kappa shape index (κ2) is 8.74. The molecule has 2 aromatic carbocycles. The van der Waals surface area contributed by atoms with Crippen molar-refractivity contribution < 1.29 is 14.3 Å². The van der Waals surface area contributed by atoms with Crippen molar-refractivity contribution in [2.75, 3.05) is 29.6 Å². The van der Waals surface area contributed by atoms with Crippen molar-refractivity contribution in [2.45, 2.75) is 24.9 Å². The highest BCUT2D eigenvalue weighted by molar-refractivity contribution is 7.99. The maximum Gasteiger partial charge on any atom is 0.234 e. The van der Waals surface area contributed by atoms with Gasteiger partial charge in [0.25, 0.3) is 0 Å². The monoisotopic (exact) mass is 461 g/mol. The predicted octanol–water partition coefficient (Wildman–Crippen LogP) is 4.06. The number of hydrogen-bond acceptors (Lipinski definition) is 6. The molecule has 2 aromatic heterocycles. The second-order valence-electron chi connectivity index (χ2n) is 7.89. The number of ether oxygens (including phenoxy) is 1. The van der Waals surface area contributed by atoms with Crippen LogP contribution >= 0.6 is 11.8 Å². The van der Waals surface area contributed by atoms with Crippen molar-refractivity contribution in [2.24, 2.45) is 0 Å². The van der Waals surface area contributed by atoms with Crippen LogP contribution in [-0.2, 0) is 9.59 Å². The lowest BCUT2D eigenvalue weighted by Gasteiger charge is -2.19. The zero-order valence-electron chi connectivity index (χ0n) is 18.4. The van der Waals surface area contributed by atoms with E-state index in [-0.39, 0.29) is 17.6 Å². The summed E-state index contributed by atoms with van der Waals surface area (Å²) in [4.78, 5) is 26.7. The quantitative estimate of drug-likeness (QED) is 0.436. The number of nitrogens with zero attached hydrogens (tertiary/aromatic N) is 4. The minimum atomic E-state index is -0.176. The highest BCUT2D eigenvalue weighted by Gasteiger charge is 2.24. The third-order valence-electron chi connectivity index (χ3n) is 5.75. The Labute approximate surface area is 194 Å². The van der Waals surface area contributed by atoms with Crippen molar-refractivity contribution in [1.29, 1.82) is 0 Å². The van der Waals surface area contributed by atoms with Crippen LogP contribution < -0.4 is 15.0 Å². The normalized spacial score (nSPS) is 13.8. The number of rotatable bonds is 6. The van der Waals surface area contributed by atoms with E-state index >= 15 is 0 Å². The van der Waals surface area contributed by atoms with Crippen LogP contribution in [0.25, 0.3) is 16.6 Å².